The van der Waals surface area contributed by atoms with Gasteiger partial charge in [0.2, 0.25) is 0 Å². The van der Waals surface area contributed by atoms with Gasteiger partial charge in [-0.25, -0.2) is 5.32 Å². The van der Waals surface area contributed by atoms with Crippen molar-refractivity contribution in [2.75, 3.05) is 32.7 Å². The van der Waals surface area contributed by atoms with Gasteiger partial charge in [-0.2, -0.15) is 0 Å². The molecular formula is C13H16BrN2. The van der Waals surface area contributed by atoms with Crippen molar-refractivity contribution in [2.24, 2.45) is 0 Å². The molecule has 0 amide bonds. The molecule has 1 aliphatic rings. The summed E-state index contributed by atoms with van der Waals surface area (Å²) in [5.41, 5.74) is 1.25. The van der Waals surface area contributed by atoms with Gasteiger partial charge in [-0.3, -0.25) is 4.90 Å². The number of nitrogens with zero attached hydrogens (tertiary/aromatic N) is 2. The number of halogens is 1. The van der Waals surface area contributed by atoms with E-state index in [2.05, 4.69) is 56.5 Å². The average Bonchev–Trinajstić information content (AvgIpc) is 2.30. The van der Waals surface area contributed by atoms with Crippen LogP contribution in [0.2, 0.25) is 0 Å². The first kappa shape index (κ1) is 11.8. The summed E-state index contributed by atoms with van der Waals surface area (Å²) in [5, 5.41) is 4.33. The maximum atomic E-state index is 4.33. The van der Waals surface area contributed by atoms with Crippen molar-refractivity contribution in [3.63, 3.8) is 0 Å². The highest BCUT2D eigenvalue weighted by molar-refractivity contribution is 9.10. The van der Waals surface area contributed by atoms with Crippen molar-refractivity contribution >= 4 is 22.0 Å². The second-order valence-electron chi connectivity index (χ2n) is 3.93. The van der Waals surface area contributed by atoms with Crippen LogP contribution in [0.1, 0.15) is 5.56 Å². The van der Waals surface area contributed by atoms with Gasteiger partial charge in [0.05, 0.1) is 0 Å². The Morgan fingerprint density at radius 3 is 2.88 bits per heavy atom. The Bertz CT molecular complexity index is 357. The fraction of sp³-hybridized carbons (Fsp3) is 0.385. The molecule has 16 heavy (non-hydrogen) atoms. The second-order valence-corrected chi connectivity index (χ2v) is 4.84. The van der Waals surface area contributed by atoms with Gasteiger partial charge in [-0.05, 0) is 17.7 Å². The number of rotatable bonds is 3. The van der Waals surface area contributed by atoms with Crippen molar-refractivity contribution in [3.05, 3.63) is 40.4 Å². The maximum absolute atomic E-state index is 4.33. The Hall–Kier alpha value is -0.640. The smallest absolute Gasteiger partial charge is 0.0261 e. The normalized spacial score (nSPS) is 18.1. The third-order valence-electron chi connectivity index (χ3n) is 2.67. The SMILES string of the molecule is Brc1cccc(/C=C/CN2CC[N]CC2)c1. The highest BCUT2D eigenvalue weighted by Crippen LogP contribution is 2.12. The van der Waals surface area contributed by atoms with Crippen molar-refractivity contribution in [1.82, 2.24) is 10.2 Å². The maximum Gasteiger partial charge on any atom is 0.0261 e. The van der Waals surface area contributed by atoms with Crippen LogP contribution >= 0.6 is 15.9 Å². The van der Waals surface area contributed by atoms with Crippen LogP contribution in [0.15, 0.2) is 34.8 Å². The molecule has 0 aromatic heterocycles. The Morgan fingerprint density at radius 2 is 2.12 bits per heavy atom. The van der Waals surface area contributed by atoms with Crippen LogP contribution in [-0.4, -0.2) is 37.6 Å². The summed E-state index contributed by atoms with van der Waals surface area (Å²) in [5.74, 6) is 0. The van der Waals surface area contributed by atoms with Crippen molar-refractivity contribution in [3.8, 4) is 0 Å². The molecule has 0 spiro atoms. The number of hydrogen-bond donors (Lipinski definition) is 0. The first-order valence-electron chi connectivity index (χ1n) is 5.62. The lowest BCUT2D eigenvalue weighted by molar-refractivity contribution is 0.262. The zero-order valence-electron chi connectivity index (χ0n) is 9.27. The Morgan fingerprint density at radius 1 is 1.31 bits per heavy atom. The van der Waals surface area contributed by atoms with E-state index in [9.17, 15) is 0 Å². The quantitative estimate of drug-likeness (QED) is 0.831. The van der Waals surface area contributed by atoms with Gasteiger partial charge in [0.1, 0.15) is 0 Å². The van der Waals surface area contributed by atoms with Gasteiger partial charge in [-0.1, -0.05) is 40.2 Å². The van der Waals surface area contributed by atoms with E-state index in [1.807, 2.05) is 6.07 Å². The lowest BCUT2D eigenvalue weighted by atomic mass is 10.2. The average molecular weight is 280 g/mol. The molecule has 1 aromatic carbocycles. The molecular weight excluding hydrogens is 264 g/mol. The monoisotopic (exact) mass is 279 g/mol. The molecule has 1 aromatic rings. The van der Waals surface area contributed by atoms with E-state index in [0.717, 1.165) is 37.2 Å². The third-order valence-corrected chi connectivity index (χ3v) is 3.16. The molecule has 2 rings (SSSR count). The molecule has 2 nitrogen and oxygen atoms in total. The van der Waals surface area contributed by atoms with Gasteiger partial charge < -0.3 is 0 Å². The number of hydrogen-bond acceptors (Lipinski definition) is 1. The fourth-order valence-electron chi connectivity index (χ4n) is 1.78. The summed E-state index contributed by atoms with van der Waals surface area (Å²) < 4.78 is 1.13. The summed E-state index contributed by atoms with van der Waals surface area (Å²) in [6.07, 6.45) is 4.41. The van der Waals surface area contributed by atoms with Crippen molar-refractivity contribution in [2.45, 2.75) is 0 Å². The molecule has 85 valence electrons. The largest absolute Gasteiger partial charge is 0.297 e. The summed E-state index contributed by atoms with van der Waals surface area (Å²) in [7, 11) is 0. The van der Waals surface area contributed by atoms with Gasteiger partial charge >= 0.3 is 0 Å². The molecule has 0 aliphatic carbocycles. The van der Waals surface area contributed by atoms with Gasteiger partial charge in [0.15, 0.2) is 0 Å². The molecule has 1 fully saturated rings. The number of piperazine rings is 1. The molecule has 3 heteroatoms. The summed E-state index contributed by atoms with van der Waals surface area (Å²) >= 11 is 3.47. The molecule has 1 heterocycles. The van der Waals surface area contributed by atoms with Gasteiger partial charge in [0, 0.05) is 37.2 Å². The molecule has 0 saturated carbocycles. The highest BCUT2D eigenvalue weighted by Gasteiger charge is 2.07. The van der Waals surface area contributed by atoms with Gasteiger partial charge in [0.25, 0.3) is 0 Å². The zero-order valence-corrected chi connectivity index (χ0v) is 10.9. The van der Waals surface area contributed by atoms with Gasteiger partial charge in [-0.15, -0.1) is 0 Å². The van der Waals surface area contributed by atoms with Crippen LogP contribution in [0, 0.1) is 0 Å². The molecule has 0 atom stereocenters. The van der Waals surface area contributed by atoms with E-state index in [-0.39, 0.29) is 0 Å². The Balaban J connectivity index is 1.84. The van der Waals surface area contributed by atoms with E-state index >= 15 is 0 Å². The Labute approximate surface area is 105 Å². The van der Waals surface area contributed by atoms with Crippen LogP contribution in [0.3, 0.4) is 0 Å². The molecule has 1 saturated heterocycles. The van der Waals surface area contributed by atoms with E-state index < -0.39 is 0 Å². The van der Waals surface area contributed by atoms with E-state index in [1.54, 1.807) is 0 Å². The molecule has 0 unspecified atom stereocenters. The standard InChI is InChI=1S/C13H16BrN2/c14-13-5-1-3-12(11-13)4-2-8-16-9-6-15-7-10-16/h1-5,11H,6-10H2/b4-2+. The summed E-state index contributed by atoms with van der Waals surface area (Å²) in [4.78, 5) is 2.43. The lowest BCUT2D eigenvalue weighted by Crippen LogP contribution is -2.40. The minimum absolute atomic E-state index is 0.991. The highest BCUT2D eigenvalue weighted by atomic mass is 79.9. The lowest BCUT2D eigenvalue weighted by Gasteiger charge is -2.24. The van der Waals surface area contributed by atoms with Crippen LogP contribution in [0.4, 0.5) is 0 Å². The molecule has 1 aliphatic heterocycles. The van der Waals surface area contributed by atoms with Crippen LogP contribution < -0.4 is 5.32 Å². The summed E-state index contributed by atoms with van der Waals surface area (Å²) in [6.45, 7) is 5.21. The molecule has 0 N–H and O–H groups in total. The predicted molar refractivity (Wildman–Crippen MR) is 71.5 cm³/mol. The fourth-order valence-corrected chi connectivity index (χ4v) is 2.20. The number of benzene rings is 1. The Kier molecular flexibility index (Phi) is 4.57. The minimum Gasteiger partial charge on any atom is -0.297 e. The van der Waals surface area contributed by atoms with Crippen molar-refractivity contribution < 1.29 is 0 Å². The topological polar surface area (TPSA) is 17.3 Å². The van der Waals surface area contributed by atoms with E-state index in [1.165, 1.54) is 5.56 Å². The first-order valence-corrected chi connectivity index (χ1v) is 6.41. The van der Waals surface area contributed by atoms with Crippen LogP contribution in [0.5, 0.6) is 0 Å². The van der Waals surface area contributed by atoms with E-state index in [4.69, 9.17) is 0 Å². The zero-order chi connectivity index (χ0) is 11.2. The first-order chi connectivity index (χ1) is 7.84. The predicted octanol–water partition coefficient (Wildman–Crippen LogP) is 2.38. The van der Waals surface area contributed by atoms with Crippen LogP contribution in [0.25, 0.3) is 6.08 Å². The summed E-state index contributed by atoms with van der Waals surface area (Å²) in [6, 6.07) is 8.35. The van der Waals surface area contributed by atoms with Crippen LogP contribution in [-0.2, 0) is 0 Å². The minimum atomic E-state index is 0.991. The third kappa shape index (κ3) is 3.74. The molecule has 0 bridgehead atoms. The van der Waals surface area contributed by atoms with E-state index in [0.29, 0.717) is 0 Å². The molecule has 1 radical (unpaired) electrons. The second kappa shape index (κ2) is 6.18. The van der Waals surface area contributed by atoms with Crippen molar-refractivity contribution in [1.29, 1.82) is 0 Å².